The van der Waals surface area contributed by atoms with Gasteiger partial charge in [-0.25, -0.2) is 0 Å². The molecule has 21 heavy (non-hydrogen) atoms. The van der Waals surface area contributed by atoms with Crippen LogP contribution < -0.4 is 5.32 Å². The fourth-order valence-electron chi connectivity index (χ4n) is 3.05. The number of nitrogens with one attached hydrogen (secondary N) is 1. The third-order valence-corrected chi connectivity index (χ3v) is 4.16. The van der Waals surface area contributed by atoms with Crippen LogP contribution in [0.25, 0.3) is 0 Å². The predicted octanol–water partition coefficient (Wildman–Crippen LogP) is 2.20. The van der Waals surface area contributed by atoms with Gasteiger partial charge in [-0.1, -0.05) is 6.92 Å². The zero-order valence-corrected chi connectivity index (χ0v) is 12.5. The molecule has 0 aromatic carbocycles. The number of nitrogens with zero attached hydrogens (tertiary/aromatic N) is 2. The molecule has 5 nitrogen and oxygen atoms in total. The molecule has 3 rings (SSSR count). The molecule has 1 aliphatic carbocycles. The van der Waals surface area contributed by atoms with Crippen LogP contribution in [0.5, 0.6) is 0 Å². The normalized spacial score (nSPS) is 17.9. The maximum Gasteiger partial charge on any atom is 0.117 e. The smallest absolute Gasteiger partial charge is 0.117 e. The second kappa shape index (κ2) is 6.45. The number of aromatic nitrogens is 2. The highest BCUT2D eigenvalue weighted by Crippen LogP contribution is 2.29. The highest BCUT2D eigenvalue weighted by atomic mass is 16.3. The number of rotatable bonds is 6. The van der Waals surface area contributed by atoms with Gasteiger partial charge in [-0.2, -0.15) is 5.10 Å². The number of aliphatic hydroxyl groups excluding tert-OH is 1. The summed E-state index contributed by atoms with van der Waals surface area (Å²) in [6.45, 7) is 3.56. The Kier molecular flexibility index (Phi) is 4.41. The molecule has 2 heterocycles. The van der Waals surface area contributed by atoms with Crippen LogP contribution in [0.4, 0.5) is 0 Å². The minimum Gasteiger partial charge on any atom is -0.465 e. The van der Waals surface area contributed by atoms with Crippen molar-refractivity contribution in [3.8, 4) is 0 Å². The lowest BCUT2D eigenvalue weighted by molar-refractivity contribution is 0.266. The van der Waals surface area contributed by atoms with Gasteiger partial charge in [-0.15, -0.1) is 0 Å². The minimum atomic E-state index is 0.137. The van der Waals surface area contributed by atoms with Crippen LogP contribution in [0.15, 0.2) is 22.7 Å². The van der Waals surface area contributed by atoms with Crippen LogP contribution in [-0.4, -0.2) is 21.5 Å². The van der Waals surface area contributed by atoms with Crippen molar-refractivity contribution in [1.29, 1.82) is 0 Å². The maximum absolute atomic E-state index is 9.09. The van der Waals surface area contributed by atoms with E-state index in [1.807, 2.05) is 23.0 Å². The zero-order chi connectivity index (χ0) is 14.7. The number of hydrogen-bond donors (Lipinski definition) is 2. The van der Waals surface area contributed by atoms with E-state index in [1.54, 1.807) is 0 Å². The molecule has 1 atom stereocenters. The van der Waals surface area contributed by atoms with Crippen LogP contribution in [0.1, 0.15) is 48.6 Å². The van der Waals surface area contributed by atoms with E-state index < -0.39 is 0 Å². The van der Waals surface area contributed by atoms with E-state index in [0.29, 0.717) is 12.6 Å². The molecule has 2 aromatic heterocycles. The van der Waals surface area contributed by atoms with Gasteiger partial charge < -0.3 is 14.8 Å². The molecule has 0 amide bonds. The monoisotopic (exact) mass is 289 g/mol. The zero-order valence-electron chi connectivity index (χ0n) is 12.5. The van der Waals surface area contributed by atoms with Crippen molar-refractivity contribution < 1.29 is 9.52 Å². The first-order valence-corrected chi connectivity index (χ1v) is 7.78. The second-order valence-electron chi connectivity index (χ2n) is 5.54. The summed E-state index contributed by atoms with van der Waals surface area (Å²) in [4.78, 5) is 0. The summed E-state index contributed by atoms with van der Waals surface area (Å²) in [6.07, 6.45) is 6.20. The number of furan rings is 1. The highest BCUT2D eigenvalue weighted by molar-refractivity contribution is 5.25. The van der Waals surface area contributed by atoms with E-state index in [2.05, 4.69) is 17.3 Å². The van der Waals surface area contributed by atoms with Gasteiger partial charge in [0.15, 0.2) is 0 Å². The average molecular weight is 289 g/mol. The molecule has 114 valence electrons. The van der Waals surface area contributed by atoms with E-state index >= 15 is 0 Å². The Balaban J connectivity index is 1.67. The van der Waals surface area contributed by atoms with Gasteiger partial charge in [0.1, 0.15) is 11.5 Å². The topological polar surface area (TPSA) is 63.2 Å². The van der Waals surface area contributed by atoms with E-state index in [-0.39, 0.29) is 6.61 Å². The molecule has 1 aliphatic rings. The number of fused-ring (bicyclic) bond motifs is 1. The summed E-state index contributed by atoms with van der Waals surface area (Å²) in [5.41, 5.74) is 2.54. The SMILES string of the molecule is CCc1ccc(CNC2CCCc3c2cnn3CCO)o1. The third-order valence-electron chi connectivity index (χ3n) is 4.16. The highest BCUT2D eigenvalue weighted by Gasteiger charge is 2.23. The van der Waals surface area contributed by atoms with Crippen LogP contribution in [0, 0.1) is 0 Å². The van der Waals surface area contributed by atoms with Crippen molar-refractivity contribution >= 4 is 0 Å². The van der Waals surface area contributed by atoms with E-state index in [0.717, 1.165) is 43.7 Å². The van der Waals surface area contributed by atoms with Gasteiger partial charge in [-0.05, 0) is 31.4 Å². The minimum absolute atomic E-state index is 0.137. The second-order valence-corrected chi connectivity index (χ2v) is 5.54. The van der Waals surface area contributed by atoms with Gasteiger partial charge >= 0.3 is 0 Å². The Bertz CT molecular complexity index is 588. The Morgan fingerprint density at radius 2 is 2.29 bits per heavy atom. The maximum atomic E-state index is 9.09. The lowest BCUT2D eigenvalue weighted by Gasteiger charge is -2.24. The molecule has 0 bridgehead atoms. The first kappa shape index (κ1) is 14.4. The lowest BCUT2D eigenvalue weighted by Crippen LogP contribution is -2.25. The van der Waals surface area contributed by atoms with E-state index in [9.17, 15) is 0 Å². The molecule has 0 aliphatic heterocycles. The molecule has 0 radical (unpaired) electrons. The summed E-state index contributed by atoms with van der Waals surface area (Å²) in [6, 6.07) is 4.42. The molecule has 5 heteroatoms. The van der Waals surface area contributed by atoms with Gasteiger partial charge in [0.05, 0.1) is 25.9 Å². The van der Waals surface area contributed by atoms with Gasteiger partial charge in [0.25, 0.3) is 0 Å². The van der Waals surface area contributed by atoms with Crippen molar-refractivity contribution in [2.75, 3.05) is 6.61 Å². The molecule has 1 unspecified atom stereocenters. The van der Waals surface area contributed by atoms with Crippen LogP contribution >= 0.6 is 0 Å². The Morgan fingerprint density at radius 3 is 3.05 bits per heavy atom. The van der Waals surface area contributed by atoms with Crippen LogP contribution in [0.3, 0.4) is 0 Å². The molecule has 0 fully saturated rings. The molecule has 0 saturated carbocycles. The Hall–Kier alpha value is -1.59. The van der Waals surface area contributed by atoms with Crippen molar-refractivity contribution in [2.24, 2.45) is 0 Å². The first-order chi connectivity index (χ1) is 10.3. The predicted molar refractivity (Wildman–Crippen MR) is 79.9 cm³/mol. The summed E-state index contributed by atoms with van der Waals surface area (Å²) < 4.78 is 7.67. The fourth-order valence-corrected chi connectivity index (χ4v) is 3.05. The lowest BCUT2D eigenvalue weighted by atomic mass is 9.93. The molecular weight excluding hydrogens is 266 g/mol. The van der Waals surface area contributed by atoms with Crippen molar-refractivity contribution in [3.05, 3.63) is 41.1 Å². The Morgan fingerprint density at radius 1 is 1.43 bits per heavy atom. The third kappa shape index (κ3) is 3.04. The quantitative estimate of drug-likeness (QED) is 0.855. The Labute approximate surface area is 125 Å². The largest absolute Gasteiger partial charge is 0.465 e. The number of aryl methyl sites for hydroxylation is 1. The van der Waals surface area contributed by atoms with Gasteiger partial charge in [-0.3, -0.25) is 4.68 Å². The summed E-state index contributed by atoms with van der Waals surface area (Å²) >= 11 is 0. The van der Waals surface area contributed by atoms with Crippen molar-refractivity contribution in [2.45, 2.75) is 51.7 Å². The molecule has 2 N–H and O–H groups in total. The van der Waals surface area contributed by atoms with Crippen molar-refractivity contribution in [1.82, 2.24) is 15.1 Å². The van der Waals surface area contributed by atoms with E-state index in [1.165, 1.54) is 11.3 Å². The fraction of sp³-hybridized carbons (Fsp3) is 0.562. The average Bonchev–Trinajstić information content (AvgIpc) is 3.13. The summed E-state index contributed by atoms with van der Waals surface area (Å²) in [7, 11) is 0. The number of aliphatic hydroxyl groups is 1. The van der Waals surface area contributed by atoms with E-state index in [4.69, 9.17) is 9.52 Å². The molecule has 0 spiro atoms. The van der Waals surface area contributed by atoms with Gasteiger partial charge in [0.2, 0.25) is 0 Å². The standard InChI is InChI=1S/C16H23N3O2/c1-2-12-6-7-13(21-12)10-17-15-4-3-5-16-14(15)11-18-19(16)8-9-20/h6-7,11,15,17,20H,2-5,8-10H2,1H3. The van der Waals surface area contributed by atoms with Crippen LogP contribution in [0.2, 0.25) is 0 Å². The van der Waals surface area contributed by atoms with Crippen LogP contribution in [-0.2, 0) is 25.9 Å². The number of hydrogen-bond acceptors (Lipinski definition) is 4. The summed E-state index contributed by atoms with van der Waals surface area (Å²) in [5, 5.41) is 17.1. The summed E-state index contributed by atoms with van der Waals surface area (Å²) in [5.74, 6) is 2.02. The molecule has 2 aromatic rings. The molecular formula is C16H23N3O2. The first-order valence-electron chi connectivity index (χ1n) is 7.78. The van der Waals surface area contributed by atoms with Crippen molar-refractivity contribution in [3.63, 3.8) is 0 Å². The van der Waals surface area contributed by atoms with Gasteiger partial charge in [0, 0.05) is 23.7 Å². The molecule has 0 saturated heterocycles.